The van der Waals surface area contributed by atoms with Gasteiger partial charge < -0.3 is 25.4 Å². The lowest BCUT2D eigenvalue weighted by Gasteiger charge is -2.18. The van der Waals surface area contributed by atoms with Crippen LogP contribution in [0.3, 0.4) is 0 Å². The summed E-state index contributed by atoms with van der Waals surface area (Å²) in [7, 11) is 1.46. The molecule has 2 aromatic carbocycles. The Kier molecular flexibility index (Phi) is 9.02. The number of pyridine rings is 1. The largest absolute Gasteiger partial charge is 0.486 e. The van der Waals surface area contributed by atoms with Crippen molar-refractivity contribution < 1.29 is 19.1 Å². The molecule has 0 aliphatic heterocycles. The maximum absolute atomic E-state index is 12.2. The van der Waals surface area contributed by atoms with E-state index in [1.165, 1.54) is 13.4 Å². The number of rotatable bonds is 8. The number of hydrogen-bond acceptors (Lipinski definition) is 8. The molecule has 2 amide bonds. The summed E-state index contributed by atoms with van der Waals surface area (Å²) < 4.78 is 11.1. The summed E-state index contributed by atoms with van der Waals surface area (Å²) in [5.41, 5.74) is 1.77. The van der Waals surface area contributed by atoms with Crippen molar-refractivity contribution >= 4 is 51.7 Å². The molecule has 0 aliphatic carbocycles. The molecule has 11 heteroatoms. The first-order valence-electron chi connectivity index (χ1n) is 12.4. The number of carbonyl (C=O) groups is 2. The van der Waals surface area contributed by atoms with Crippen LogP contribution >= 0.6 is 11.6 Å². The first-order chi connectivity index (χ1) is 19.7. The molecule has 0 atom stereocenters. The molecule has 2 aromatic heterocycles. The second-order valence-electron chi connectivity index (χ2n) is 9.11. The normalized spacial score (nSPS) is 10.6. The second-order valence-corrected chi connectivity index (χ2v) is 9.52. The minimum atomic E-state index is -1.10. The SMILES string of the molecule is C=CC(=O)Nc1cc2c(Nc3ccc(OCc4ccccn4)c(Cl)c3)ncnc2cc1C#CC(C)(C)OC(=O)NC. The van der Waals surface area contributed by atoms with E-state index in [1.54, 1.807) is 44.3 Å². The van der Waals surface area contributed by atoms with Crippen molar-refractivity contribution in [1.82, 2.24) is 20.3 Å². The number of nitrogens with zero attached hydrogens (tertiary/aromatic N) is 3. The van der Waals surface area contributed by atoms with Crippen LogP contribution in [0.5, 0.6) is 5.75 Å². The van der Waals surface area contributed by atoms with Crippen LogP contribution in [0.4, 0.5) is 22.0 Å². The van der Waals surface area contributed by atoms with Gasteiger partial charge in [-0.2, -0.15) is 0 Å². The fourth-order valence-corrected chi connectivity index (χ4v) is 3.82. The Hall–Kier alpha value is -5.14. The average molecular weight is 571 g/mol. The predicted octanol–water partition coefficient (Wildman–Crippen LogP) is 5.61. The number of amides is 2. The van der Waals surface area contributed by atoms with E-state index in [0.29, 0.717) is 44.4 Å². The van der Waals surface area contributed by atoms with Crippen LogP contribution in [-0.2, 0) is 16.1 Å². The van der Waals surface area contributed by atoms with Crippen LogP contribution in [0.2, 0.25) is 5.02 Å². The van der Waals surface area contributed by atoms with Gasteiger partial charge in [0.1, 0.15) is 24.5 Å². The summed E-state index contributed by atoms with van der Waals surface area (Å²) in [5.74, 6) is 6.48. The molecule has 10 nitrogen and oxygen atoms in total. The zero-order valence-electron chi connectivity index (χ0n) is 22.6. The van der Waals surface area contributed by atoms with E-state index in [2.05, 4.69) is 49.3 Å². The van der Waals surface area contributed by atoms with Gasteiger partial charge in [0.25, 0.3) is 0 Å². The zero-order valence-corrected chi connectivity index (χ0v) is 23.4. The number of fused-ring (bicyclic) bond motifs is 1. The molecule has 4 aromatic rings. The number of aromatic nitrogens is 3. The zero-order chi connectivity index (χ0) is 29.4. The summed E-state index contributed by atoms with van der Waals surface area (Å²) in [6.45, 7) is 7.11. The third-order valence-electron chi connectivity index (χ3n) is 5.56. The Labute approximate surface area is 242 Å². The molecular weight excluding hydrogens is 544 g/mol. The van der Waals surface area contributed by atoms with Gasteiger partial charge in [-0.25, -0.2) is 14.8 Å². The fourth-order valence-electron chi connectivity index (χ4n) is 3.59. The van der Waals surface area contributed by atoms with Crippen LogP contribution in [0, 0.1) is 11.8 Å². The lowest BCUT2D eigenvalue weighted by Crippen LogP contribution is -2.31. The number of benzene rings is 2. The van der Waals surface area contributed by atoms with Gasteiger partial charge in [-0.05, 0) is 62.4 Å². The molecule has 2 heterocycles. The van der Waals surface area contributed by atoms with Crippen LogP contribution in [-0.4, -0.2) is 39.6 Å². The lowest BCUT2D eigenvalue weighted by atomic mass is 10.1. The number of nitrogens with one attached hydrogen (secondary N) is 3. The Bertz CT molecular complexity index is 1660. The van der Waals surface area contributed by atoms with Gasteiger partial charge in [0.15, 0.2) is 5.60 Å². The van der Waals surface area contributed by atoms with E-state index in [9.17, 15) is 9.59 Å². The molecule has 3 N–H and O–H groups in total. The van der Waals surface area contributed by atoms with Crippen LogP contribution < -0.4 is 20.7 Å². The van der Waals surface area contributed by atoms with Gasteiger partial charge in [-0.1, -0.05) is 36.1 Å². The highest BCUT2D eigenvalue weighted by Gasteiger charge is 2.19. The molecule has 41 heavy (non-hydrogen) atoms. The quantitative estimate of drug-likeness (QED) is 0.184. The monoisotopic (exact) mass is 570 g/mol. The Morgan fingerprint density at radius 1 is 1.12 bits per heavy atom. The second kappa shape index (κ2) is 12.8. The summed E-state index contributed by atoms with van der Waals surface area (Å²) in [6.07, 6.45) is 3.65. The number of alkyl carbamates (subject to hydrolysis) is 1. The number of ether oxygens (including phenoxy) is 2. The van der Waals surface area contributed by atoms with Crippen molar-refractivity contribution in [2.45, 2.75) is 26.1 Å². The van der Waals surface area contributed by atoms with Gasteiger partial charge >= 0.3 is 6.09 Å². The summed E-state index contributed by atoms with van der Waals surface area (Å²) in [5, 5.41) is 9.44. The minimum Gasteiger partial charge on any atom is -0.486 e. The molecule has 0 fully saturated rings. The molecule has 208 valence electrons. The fraction of sp³-hybridized carbons (Fsp3) is 0.167. The maximum atomic E-state index is 12.2. The molecule has 0 bridgehead atoms. The molecule has 0 saturated heterocycles. The first-order valence-corrected chi connectivity index (χ1v) is 12.8. The number of halogens is 1. The van der Waals surface area contributed by atoms with E-state index in [-0.39, 0.29) is 6.61 Å². The van der Waals surface area contributed by atoms with E-state index in [4.69, 9.17) is 21.1 Å². The first kappa shape index (κ1) is 28.9. The molecule has 0 unspecified atom stereocenters. The lowest BCUT2D eigenvalue weighted by molar-refractivity contribution is -0.111. The van der Waals surface area contributed by atoms with Gasteiger partial charge in [-0.3, -0.25) is 9.78 Å². The third-order valence-corrected chi connectivity index (χ3v) is 5.86. The van der Waals surface area contributed by atoms with Gasteiger partial charge in [-0.15, -0.1) is 0 Å². The Morgan fingerprint density at radius 3 is 2.66 bits per heavy atom. The Balaban J connectivity index is 1.64. The van der Waals surface area contributed by atoms with Gasteiger partial charge in [0.05, 0.1) is 27.5 Å². The molecule has 0 saturated carbocycles. The highest BCUT2D eigenvalue weighted by atomic mass is 35.5. The smallest absolute Gasteiger partial charge is 0.408 e. The summed E-state index contributed by atoms with van der Waals surface area (Å²) >= 11 is 6.49. The van der Waals surface area contributed by atoms with Crippen molar-refractivity contribution in [3.8, 4) is 17.6 Å². The summed E-state index contributed by atoms with van der Waals surface area (Å²) in [4.78, 5) is 36.9. The number of hydrogen-bond donors (Lipinski definition) is 3. The van der Waals surface area contributed by atoms with Crippen LogP contribution in [0.25, 0.3) is 10.9 Å². The van der Waals surface area contributed by atoms with Gasteiger partial charge in [0, 0.05) is 24.3 Å². The highest BCUT2D eigenvalue weighted by molar-refractivity contribution is 6.32. The molecule has 4 rings (SSSR count). The standard InChI is InChI=1S/C30H27ClN6O4/c1-5-27(38)37-24-16-22-25(14-19(24)11-12-30(2,3)41-29(39)32-4)34-18-35-28(22)36-20-9-10-26(23(31)15-20)40-17-21-8-6-7-13-33-21/h5-10,13-16,18H,1,17H2,2-4H3,(H,32,39)(H,37,38)(H,34,35,36). The van der Waals surface area contributed by atoms with Crippen molar-refractivity contribution in [3.63, 3.8) is 0 Å². The predicted molar refractivity (Wildman–Crippen MR) is 158 cm³/mol. The number of anilines is 3. The third kappa shape index (κ3) is 7.71. The summed E-state index contributed by atoms with van der Waals surface area (Å²) in [6, 6.07) is 14.3. The van der Waals surface area contributed by atoms with Crippen molar-refractivity contribution in [2.24, 2.45) is 0 Å². The maximum Gasteiger partial charge on any atom is 0.408 e. The van der Waals surface area contributed by atoms with Crippen LogP contribution in [0.1, 0.15) is 25.1 Å². The van der Waals surface area contributed by atoms with Crippen LogP contribution in [0.15, 0.2) is 73.7 Å². The van der Waals surface area contributed by atoms with E-state index in [1.807, 2.05) is 24.3 Å². The van der Waals surface area contributed by atoms with Crippen molar-refractivity contribution in [1.29, 1.82) is 0 Å². The molecule has 0 aliphatic rings. The number of carbonyl (C=O) groups excluding carboxylic acids is 2. The van der Waals surface area contributed by atoms with Gasteiger partial charge in [0.2, 0.25) is 5.91 Å². The Morgan fingerprint density at radius 2 is 1.95 bits per heavy atom. The topological polar surface area (TPSA) is 127 Å². The average Bonchev–Trinajstić information content (AvgIpc) is 2.96. The van der Waals surface area contributed by atoms with E-state index >= 15 is 0 Å². The minimum absolute atomic E-state index is 0.281. The van der Waals surface area contributed by atoms with E-state index in [0.717, 1.165) is 11.8 Å². The van der Waals surface area contributed by atoms with Crippen molar-refractivity contribution in [3.05, 3.63) is 90.0 Å². The highest BCUT2D eigenvalue weighted by Crippen LogP contribution is 2.32. The molecule has 0 spiro atoms. The van der Waals surface area contributed by atoms with E-state index < -0.39 is 17.6 Å². The van der Waals surface area contributed by atoms with Crippen molar-refractivity contribution in [2.75, 3.05) is 17.7 Å². The molecular formula is C30H27ClN6O4. The molecule has 0 radical (unpaired) electrons.